The van der Waals surface area contributed by atoms with E-state index in [0.717, 1.165) is 36.7 Å². The molecule has 3 aliphatic rings. The van der Waals surface area contributed by atoms with Crippen LogP contribution in [-0.2, 0) is 13.3 Å². The van der Waals surface area contributed by atoms with Gasteiger partial charge in [0.15, 0.2) is 25.0 Å². The van der Waals surface area contributed by atoms with Crippen molar-refractivity contribution in [2.75, 3.05) is 6.67 Å². The summed E-state index contributed by atoms with van der Waals surface area (Å²) in [5, 5.41) is 0.159. The smallest absolute Gasteiger partial charge is 0.192 e. The van der Waals surface area contributed by atoms with Crippen LogP contribution < -0.4 is 0 Å². The van der Waals surface area contributed by atoms with Gasteiger partial charge in [-0.15, -0.1) is 0 Å². The van der Waals surface area contributed by atoms with Gasteiger partial charge in [-0.3, -0.25) is 4.39 Å². The van der Waals surface area contributed by atoms with E-state index >= 15 is 0 Å². The standard InChI is InChI=1S/C45H85FO3Si3/c1-33(22-19-29-44(9,10)49-50(12,13)14)38-27-28-39-35(23-20-30-45(38,39)11)25-26-36-32-40(47-51(15,16)42(3,4)5)37(24-21-31-46)41(34(36)2)48-52(17,18)43(6,7)8/h25-26,33,37-41H,2,19-24,27-32H2,1,3-18H3/b35-25+,36-26-/t33-,37-,38-,39+,40-,41+,45-/m1/s1. The van der Waals surface area contributed by atoms with Crippen molar-refractivity contribution < 1.29 is 17.7 Å². The van der Waals surface area contributed by atoms with E-state index in [1.54, 1.807) is 5.57 Å². The van der Waals surface area contributed by atoms with Crippen LogP contribution in [0.2, 0.25) is 55.9 Å². The van der Waals surface area contributed by atoms with Crippen molar-refractivity contribution in [2.24, 2.45) is 29.1 Å². The molecule has 3 nitrogen and oxygen atoms in total. The molecule has 3 saturated carbocycles. The van der Waals surface area contributed by atoms with Crippen molar-refractivity contribution in [1.29, 1.82) is 0 Å². The van der Waals surface area contributed by atoms with E-state index in [0.29, 0.717) is 17.8 Å². The van der Waals surface area contributed by atoms with Gasteiger partial charge in [0.25, 0.3) is 0 Å². The maximum atomic E-state index is 13.8. The maximum absolute atomic E-state index is 13.8. The third kappa shape index (κ3) is 11.4. The van der Waals surface area contributed by atoms with Crippen LogP contribution in [0.15, 0.2) is 35.5 Å². The molecule has 0 aromatic heterocycles. The molecule has 0 spiro atoms. The Morgan fingerprint density at radius 1 is 0.885 bits per heavy atom. The summed E-state index contributed by atoms with van der Waals surface area (Å²) in [5.74, 6) is 2.28. The highest BCUT2D eigenvalue weighted by Crippen LogP contribution is 2.60. The SMILES string of the molecule is C=C1/C(=C\C=C2/CCC[C@]3(C)[C@@H]([C@H](C)CCCC(C)(C)O[Si](C)(C)C)CC[C@@H]23)C[C@@H](O[Si](C)(C)C(C)(C)C)[C@@H](CCCF)[C@H]1O[Si](C)(C)C(C)(C)C. The van der Waals surface area contributed by atoms with Crippen LogP contribution in [0.1, 0.15) is 140 Å². The molecular weight excluding hydrogens is 692 g/mol. The highest BCUT2D eigenvalue weighted by Gasteiger charge is 2.51. The molecule has 0 saturated heterocycles. The second kappa shape index (κ2) is 17.0. The van der Waals surface area contributed by atoms with E-state index in [-0.39, 0.29) is 40.5 Å². The lowest BCUT2D eigenvalue weighted by Gasteiger charge is -2.49. The van der Waals surface area contributed by atoms with Gasteiger partial charge >= 0.3 is 0 Å². The van der Waals surface area contributed by atoms with E-state index in [2.05, 4.69) is 127 Å². The van der Waals surface area contributed by atoms with Crippen molar-refractivity contribution in [3.05, 3.63) is 35.5 Å². The first kappa shape index (κ1) is 46.1. The Labute approximate surface area is 326 Å². The van der Waals surface area contributed by atoms with Crippen LogP contribution in [0.4, 0.5) is 4.39 Å². The van der Waals surface area contributed by atoms with Gasteiger partial charge in [0, 0.05) is 5.92 Å². The number of rotatable bonds is 15. The lowest BCUT2D eigenvalue weighted by atomic mass is 9.60. The van der Waals surface area contributed by atoms with Crippen molar-refractivity contribution in [3.8, 4) is 0 Å². The summed E-state index contributed by atoms with van der Waals surface area (Å²) in [7, 11) is -5.80. The van der Waals surface area contributed by atoms with Crippen LogP contribution >= 0.6 is 0 Å². The van der Waals surface area contributed by atoms with Gasteiger partial charge in [-0.05, 0) is 162 Å². The molecule has 302 valence electrons. The molecule has 0 aromatic carbocycles. The lowest BCUT2D eigenvalue weighted by Crippen LogP contribution is -2.53. The highest BCUT2D eigenvalue weighted by atomic mass is 28.4. The monoisotopic (exact) mass is 777 g/mol. The van der Waals surface area contributed by atoms with Gasteiger partial charge in [0.2, 0.25) is 0 Å². The molecular formula is C45H85FO3Si3. The molecule has 0 amide bonds. The third-order valence-electron chi connectivity index (χ3n) is 14.4. The number of alkyl halides is 1. The van der Waals surface area contributed by atoms with Gasteiger partial charge < -0.3 is 13.3 Å². The summed E-state index contributed by atoms with van der Waals surface area (Å²) >= 11 is 0. The first-order valence-corrected chi connectivity index (χ1v) is 30.5. The van der Waals surface area contributed by atoms with Crippen molar-refractivity contribution in [2.45, 2.75) is 214 Å². The fraction of sp³-hybridized carbons (Fsp3) is 0.867. The lowest BCUT2D eigenvalue weighted by molar-refractivity contribution is 0.0247. The minimum Gasteiger partial charge on any atom is -0.413 e. The Hall–Kier alpha value is -0.319. The minimum atomic E-state index is -2.15. The van der Waals surface area contributed by atoms with Crippen LogP contribution in [0.5, 0.6) is 0 Å². The van der Waals surface area contributed by atoms with Gasteiger partial charge in [0.1, 0.15) is 0 Å². The Balaban J connectivity index is 1.92. The molecule has 52 heavy (non-hydrogen) atoms. The zero-order valence-electron chi connectivity index (χ0n) is 37.4. The molecule has 0 aliphatic heterocycles. The average molecular weight is 777 g/mol. The molecule has 3 fully saturated rings. The highest BCUT2D eigenvalue weighted by molar-refractivity contribution is 6.74. The Kier molecular flexibility index (Phi) is 15.1. The minimum absolute atomic E-state index is 0.00631. The molecule has 7 atom stereocenters. The van der Waals surface area contributed by atoms with E-state index in [4.69, 9.17) is 19.9 Å². The topological polar surface area (TPSA) is 27.7 Å². The Bertz CT molecular complexity index is 1260. The van der Waals surface area contributed by atoms with Crippen LogP contribution in [0.3, 0.4) is 0 Å². The van der Waals surface area contributed by atoms with Gasteiger partial charge in [0.05, 0.1) is 24.5 Å². The summed E-state index contributed by atoms with van der Waals surface area (Å²) in [5.41, 5.74) is 4.39. The second-order valence-corrected chi connectivity index (χ2v) is 36.3. The van der Waals surface area contributed by atoms with Gasteiger partial charge in [-0.2, -0.15) is 0 Å². The first-order valence-electron chi connectivity index (χ1n) is 21.3. The first-order chi connectivity index (χ1) is 23.6. The molecule has 7 heteroatoms. The number of hydrogen-bond acceptors (Lipinski definition) is 3. The number of fused-ring (bicyclic) bond motifs is 1. The Morgan fingerprint density at radius 2 is 1.48 bits per heavy atom. The summed E-state index contributed by atoms with van der Waals surface area (Å²) in [4.78, 5) is 0. The molecule has 0 aromatic rings. The molecule has 0 radical (unpaired) electrons. The third-order valence-corrected chi connectivity index (χ3v) is 24.6. The van der Waals surface area contributed by atoms with Gasteiger partial charge in [-0.25, -0.2) is 0 Å². The quantitative estimate of drug-likeness (QED) is 0.155. The Morgan fingerprint density at radius 3 is 2.04 bits per heavy atom. The molecule has 0 N–H and O–H groups in total. The summed E-state index contributed by atoms with van der Waals surface area (Å²) in [6.07, 6.45) is 17.1. The van der Waals surface area contributed by atoms with E-state index in [1.165, 1.54) is 50.5 Å². The van der Waals surface area contributed by atoms with Crippen molar-refractivity contribution in [3.63, 3.8) is 0 Å². The van der Waals surface area contributed by atoms with E-state index in [1.807, 2.05) is 0 Å². The number of halogens is 1. The van der Waals surface area contributed by atoms with Crippen LogP contribution in [0.25, 0.3) is 0 Å². The normalized spacial score (nSPS) is 30.7. The predicted molar refractivity (Wildman–Crippen MR) is 232 cm³/mol. The zero-order chi connectivity index (χ0) is 39.7. The molecule has 0 heterocycles. The molecule has 0 bridgehead atoms. The second-order valence-electron chi connectivity index (χ2n) is 22.3. The predicted octanol–water partition coefficient (Wildman–Crippen LogP) is 14.6. The molecule has 0 unspecified atom stereocenters. The fourth-order valence-corrected chi connectivity index (χ4v) is 14.1. The maximum Gasteiger partial charge on any atom is 0.192 e. The van der Waals surface area contributed by atoms with Crippen LogP contribution in [0, 0.1) is 29.1 Å². The summed E-state index contributed by atoms with van der Waals surface area (Å²) in [6, 6.07) is 0. The van der Waals surface area contributed by atoms with E-state index in [9.17, 15) is 4.39 Å². The molecule has 3 rings (SSSR count). The van der Waals surface area contributed by atoms with Crippen LogP contribution in [-0.4, -0.2) is 49.4 Å². The fourth-order valence-electron chi connectivity index (χ4n) is 9.65. The average Bonchev–Trinajstić information content (AvgIpc) is 3.32. The molecule has 3 aliphatic carbocycles. The van der Waals surface area contributed by atoms with Crippen molar-refractivity contribution >= 4 is 25.0 Å². The number of hydrogen-bond donors (Lipinski definition) is 0. The van der Waals surface area contributed by atoms with E-state index < -0.39 is 25.0 Å². The van der Waals surface area contributed by atoms with Gasteiger partial charge in [-0.1, -0.05) is 92.5 Å². The summed E-state index contributed by atoms with van der Waals surface area (Å²) < 4.78 is 35.0. The largest absolute Gasteiger partial charge is 0.413 e. The summed E-state index contributed by atoms with van der Waals surface area (Å²) in [6.45, 7) is 44.5. The van der Waals surface area contributed by atoms with Crippen molar-refractivity contribution in [1.82, 2.24) is 0 Å². The number of allylic oxidation sites excluding steroid dienone is 3. The zero-order valence-corrected chi connectivity index (χ0v) is 40.4.